The van der Waals surface area contributed by atoms with Crippen molar-refractivity contribution in [1.82, 2.24) is 0 Å². The molecule has 0 bridgehead atoms. The van der Waals surface area contributed by atoms with Crippen molar-refractivity contribution in [2.24, 2.45) is 5.92 Å². The number of hydrogen-bond acceptors (Lipinski definition) is 1. The highest BCUT2D eigenvalue weighted by Crippen LogP contribution is 2.18. The Morgan fingerprint density at radius 1 is 1.27 bits per heavy atom. The lowest BCUT2D eigenvalue weighted by Gasteiger charge is -2.09. The fourth-order valence-corrected chi connectivity index (χ4v) is 0.978. The molecule has 0 atom stereocenters. The van der Waals surface area contributed by atoms with Crippen molar-refractivity contribution in [2.75, 3.05) is 6.61 Å². The largest absolute Gasteiger partial charge is 0.490 e. The zero-order chi connectivity index (χ0) is 11.8. The van der Waals surface area contributed by atoms with Crippen LogP contribution in [0.15, 0.2) is 18.2 Å². The summed E-state index contributed by atoms with van der Waals surface area (Å²) in [7, 11) is 0. The van der Waals surface area contributed by atoms with E-state index in [0.717, 1.165) is 5.56 Å². The predicted molar refractivity (Wildman–Crippen MR) is 62.8 cm³/mol. The van der Waals surface area contributed by atoms with E-state index < -0.39 is 0 Å². The number of hydrogen-bond donors (Lipinski definition) is 0. The van der Waals surface area contributed by atoms with Gasteiger partial charge >= 0.3 is 0 Å². The van der Waals surface area contributed by atoms with Gasteiger partial charge in [0.15, 0.2) is 11.6 Å². The van der Waals surface area contributed by atoms with E-state index in [9.17, 15) is 4.39 Å². The Morgan fingerprint density at radius 3 is 2.40 bits per heavy atom. The molecule has 0 N–H and O–H groups in total. The first-order valence-corrected chi connectivity index (χ1v) is 5.48. The minimum absolute atomic E-state index is 0.286. The van der Waals surface area contributed by atoms with E-state index in [1.165, 1.54) is 6.07 Å². The molecule has 2 heteroatoms. The Kier molecular flexibility index (Phi) is 6.76. The van der Waals surface area contributed by atoms with Crippen LogP contribution in [0.2, 0.25) is 0 Å². The van der Waals surface area contributed by atoms with E-state index in [4.69, 9.17) is 4.74 Å². The van der Waals surface area contributed by atoms with Crippen molar-refractivity contribution in [3.8, 4) is 5.75 Å². The standard InChI is InChI=1S/C11H15FO.C2H6/c1-8(2)7-13-11-6-9(3)4-5-10(11)12;1-2/h4-6,8H,7H2,1-3H3;1-2H3. The molecular formula is C13H21FO. The molecule has 1 aromatic carbocycles. The van der Waals surface area contributed by atoms with Crippen LogP contribution in [0.25, 0.3) is 0 Å². The van der Waals surface area contributed by atoms with Crippen LogP contribution in [-0.2, 0) is 0 Å². The molecule has 86 valence electrons. The molecule has 1 aromatic rings. The first-order chi connectivity index (χ1) is 7.09. The average molecular weight is 212 g/mol. The van der Waals surface area contributed by atoms with Crippen molar-refractivity contribution in [3.63, 3.8) is 0 Å². The van der Waals surface area contributed by atoms with Crippen LogP contribution in [0.4, 0.5) is 4.39 Å². The second kappa shape index (κ2) is 7.27. The van der Waals surface area contributed by atoms with Gasteiger partial charge < -0.3 is 4.74 Å². The Labute approximate surface area is 92.3 Å². The van der Waals surface area contributed by atoms with Gasteiger partial charge in [0.1, 0.15) is 0 Å². The third-order valence-electron chi connectivity index (χ3n) is 1.66. The molecule has 0 spiro atoms. The minimum atomic E-state index is -0.286. The second-order valence-electron chi connectivity index (χ2n) is 3.64. The molecule has 0 aliphatic rings. The summed E-state index contributed by atoms with van der Waals surface area (Å²) in [4.78, 5) is 0. The zero-order valence-electron chi connectivity index (χ0n) is 10.3. The third kappa shape index (κ3) is 5.40. The number of aryl methyl sites for hydroxylation is 1. The van der Waals surface area contributed by atoms with Crippen LogP contribution in [0.5, 0.6) is 5.75 Å². The van der Waals surface area contributed by atoms with E-state index >= 15 is 0 Å². The lowest BCUT2D eigenvalue weighted by atomic mass is 10.2. The third-order valence-corrected chi connectivity index (χ3v) is 1.66. The average Bonchev–Trinajstić information content (AvgIpc) is 2.22. The summed E-state index contributed by atoms with van der Waals surface area (Å²) < 4.78 is 18.4. The summed E-state index contributed by atoms with van der Waals surface area (Å²) in [5, 5.41) is 0. The van der Waals surface area contributed by atoms with Crippen LogP contribution in [0.3, 0.4) is 0 Å². The molecule has 0 amide bonds. The lowest BCUT2D eigenvalue weighted by Crippen LogP contribution is -2.05. The maximum absolute atomic E-state index is 13.1. The molecule has 15 heavy (non-hydrogen) atoms. The van der Waals surface area contributed by atoms with Gasteiger partial charge in [-0.05, 0) is 30.5 Å². The number of rotatable bonds is 3. The quantitative estimate of drug-likeness (QED) is 0.729. The summed E-state index contributed by atoms with van der Waals surface area (Å²) in [6.07, 6.45) is 0. The first kappa shape index (κ1) is 13.9. The second-order valence-corrected chi connectivity index (χ2v) is 3.64. The summed E-state index contributed by atoms with van der Waals surface area (Å²) in [6.45, 7) is 10.5. The Balaban J connectivity index is 0.000000921. The van der Waals surface area contributed by atoms with E-state index in [2.05, 4.69) is 0 Å². The summed E-state index contributed by atoms with van der Waals surface area (Å²) in [5.41, 5.74) is 1.01. The van der Waals surface area contributed by atoms with Gasteiger partial charge in [0.05, 0.1) is 6.61 Å². The van der Waals surface area contributed by atoms with Crippen molar-refractivity contribution < 1.29 is 9.13 Å². The van der Waals surface area contributed by atoms with Gasteiger partial charge in [0.25, 0.3) is 0 Å². The topological polar surface area (TPSA) is 9.23 Å². The Hall–Kier alpha value is -1.05. The SMILES string of the molecule is CC.Cc1ccc(F)c(OCC(C)C)c1. The highest BCUT2D eigenvalue weighted by Gasteiger charge is 2.03. The Morgan fingerprint density at radius 2 is 1.87 bits per heavy atom. The molecule has 1 rings (SSSR count). The van der Waals surface area contributed by atoms with E-state index in [0.29, 0.717) is 18.3 Å². The monoisotopic (exact) mass is 212 g/mol. The maximum atomic E-state index is 13.1. The molecular weight excluding hydrogens is 191 g/mol. The van der Waals surface area contributed by atoms with Crippen molar-refractivity contribution in [2.45, 2.75) is 34.6 Å². The molecule has 0 saturated carbocycles. The highest BCUT2D eigenvalue weighted by atomic mass is 19.1. The molecule has 1 nitrogen and oxygen atoms in total. The molecule has 0 aliphatic carbocycles. The van der Waals surface area contributed by atoms with Crippen LogP contribution in [-0.4, -0.2) is 6.61 Å². The number of benzene rings is 1. The van der Waals surface area contributed by atoms with Gasteiger partial charge in [-0.15, -0.1) is 0 Å². The zero-order valence-corrected chi connectivity index (χ0v) is 10.3. The lowest BCUT2D eigenvalue weighted by molar-refractivity contribution is 0.259. The smallest absolute Gasteiger partial charge is 0.165 e. The molecule has 0 aromatic heterocycles. The van der Waals surface area contributed by atoms with Gasteiger partial charge in [0, 0.05) is 0 Å². The molecule has 0 unspecified atom stereocenters. The minimum Gasteiger partial charge on any atom is -0.490 e. The fraction of sp³-hybridized carbons (Fsp3) is 0.538. The normalized spacial score (nSPS) is 9.53. The van der Waals surface area contributed by atoms with E-state index in [-0.39, 0.29) is 5.82 Å². The van der Waals surface area contributed by atoms with Crippen LogP contribution >= 0.6 is 0 Å². The van der Waals surface area contributed by atoms with Crippen molar-refractivity contribution in [1.29, 1.82) is 0 Å². The highest BCUT2D eigenvalue weighted by molar-refractivity contribution is 5.29. The van der Waals surface area contributed by atoms with Crippen LogP contribution in [0.1, 0.15) is 33.3 Å². The van der Waals surface area contributed by atoms with Gasteiger partial charge in [-0.1, -0.05) is 33.8 Å². The number of halogens is 1. The van der Waals surface area contributed by atoms with Crippen molar-refractivity contribution in [3.05, 3.63) is 29.6 Å². The van der Waals surface area contributed by atoms with Gasteiger partial charge in [-0.25, -0.2) is 4.39 Å². The van der Waals surface area contributed by atoms with Crippen LogP contribution in [0, 0.1) is 18.7 Å². The molecule has 0 aliphatic heterocycles. The van der Waals surface area contributed by atoms with E-state index in [1.54, 1.807) is 12.1 Å². The first-order valence-electron chi connectivity index (χ1n) is 5.48. The molecule has 0 fully saturated rings. The van der Waals surface area contributed by atoms with Crippen LogP contribution < -0.4 is 4.74 Å². The van der Waals surface area contributed by atoms with Gasteiger partial charge in [0.2, 0.25) is 0 Å². The maximum Gasteiger partial charge on any atom is 0.165 e. The molecule has 0 saturated heterocycles. The van der Waals surface area contributed by atoms with Gasteiger partial charge in [-0.3, -0.25) is 0 Å². The summed E-state index contributed by atoms with van der Waals surface area (Å²) in [6, 6.07) is 4.89. The molecule has 0 radical (unpaired) electrons. The predicted octanol–water partition coefficient (Wildman–Crippen LogP) is 4.20. The summed E-state index contributed by atoms with van der Waals surface area (Å²) in [5.74, 6) is 0.486. The number of ether oxygens (including phenoxy) is 1. The summed E-state index contributed by atoms with van der Waals surface area (Å²) >= 11 is 0. The fourth-order valence-electron chi connectivity index (χ4n) is 0.978. The van der Waals surface area contributed by atoms with Crippen molar-refractivity contribution >= 4 is 0 Å². The Bertz CT molecular complexity index is 282. The van der Waals surface area contributed by atoms with E-state index in [1.807, 2.05) is 34.6 Å². The molecule has 0 heterocycles. The van der Waals surface area contributed by atoms with Gasteiger partial charge in [-0.2, -0.15) is 0 Å².